The van der Waals surface area contributed by atoms with Crippen molar-refractivity contribution in [3.63, 3.8) is 0 Å². The van der Waals surface area contributed by atoms with Crippen molar-refractivity contribution in [1.82, 2.24) is 10.6 Å². The minimum absolute atomic E-state index is 0.0589. The van der Waals surface area contributed by atoms with Crippen LogP contribution in [0, 0.1) is 0 Å². The molecular formula is C13H16BrClN2O. The van der Waals surface area contributed by atoms with Crippen LogP contribution in [0.3, 0.4) is 0 Å². The van der Waals surface area contributed by atoms with E-state index in [-0.39, 0.29) is 11.9 Å². The van der Waals surface area contributed by atoms with Gasteiger partial charge in [0.15, 0.2) is 0 Å². The molecule has 1 fully saturated rings. The number of rotatable bonds is 5. The van der Waals surface area contributed by atoms with Crippen LogP contribution in [0.1, 0.15) is 25.3 Å². The first-order valence-corrected chi connectivity index (χ1v) is 7.21. The van der Waals surface area contributed by atoms with Crippen LogP contribution >= 0.6 is 27.5 Å². The summed E-state index contributed by atoms with van der Waals surface area (Å²) in [5, 5.41) is 6.86. The van der Waals surface area contributed by atoms with Crippen LogP contribution in [0.15, 0.2) is 22.7 Å². The second-order valence-electron chi connectivity index (χ2n) is 4.62. The fourth-order valence-electron chi connectivity index (χ4n) is 1.59. The lowest BCUT2D eigenvalue weighted by Gasteiger charge is -2.14. The van der Waals surface area contributed by atoms with E-state index in [1.165, 1.54) is 0 Å². The van der Waals surface area contributed by atoms with E-state index in [1.54, 1.807) is 0 Å². The molecule has 1 aliphatic carbocycles. The molecule has 0 saturated heterocycles. The SMILES string of the molecule is CC(NCc1cc(Br)ccc1Cl)C(=O)NC1CC1. The molecule has 0 heterocycles. The number of carbonyl (C=O) groups is 1. The Morgan fingerprint density at radius 1 is 1.56 bits per heavy atom. The molecule has 1 saturated carbocycles. The van der Waals surface area contributed by atoms with Crippen LogP contribution in [0.5, 0.6) is 0 Å². The number of benzene rings is 1. The van der Waals surface area contributed by atoms with Gasteiger partial charge in [0.1, 0.15) is 0 Å². The van der Waals surface area contributed by atoms with Crippen molar-refractivity contribution in [3.05, 3.63) is 33.3 Å². The lowest BCUT2D eigenvalue weighted by molar-refractivity contribution is -0.122. The maximum atomic E-state index is 11.8. The van der Waals surface area contributed by atoms with Gasteiger partial charge in [-0.1, -0.05) is 27.5 Å². The van der Waals surface area contributed by atoms with Crippen LogP contribution < -0.4 is 10.6 Å². The zero-order valence-electron chi connectivity index (χ0n) is 10.2. The van der Waals surface area contributed by atoms with E-state index in [0.717, 1.165) is 22.9 Å². The van der Waals surface area contributed by atoms with E-state index < -0.39 is 0 Å². The Kier molecular flexibility index (Phi) is 4.65. The van der Waals surface area contributed by atoms with Crippen molar-refractivity contribution in [1.29, 1.82) is 0 Å². The summed E-state index contributed by atoms with van der Waals surface area (Å²) in [6.07, 6.45) is 2.21. The molecule has 0 aromatic heterocycles. The average Bonchev–Trinajstić information content (AvgIpc) is 3.13. The highest BCUT2D eigenvalue weighted by atomic mass is 79.9. The minimum Gasteiger partial charge on any atom is -0.352 e. The van der Waals surface area contributed by atoms with Gasteiger partial charge in [0.25, 0.3) is 0 Å². The van der Waals surface area contributed by atoms with Crippen LogP contribution in [-0.4, -0.2) is 18.0 Å². The number of hydrogen-bond donors (Lipinski definition) is 2. The molecule has 1 amide bonds. The summed E-state index contributed by atoms with van der Waals surface area (Å²) in [6.45, 7) is 2.45. The topological polar surface area (TPSA) is 41.1 Å². The monoisotopic (exact) mass is 330 g/mol. The van der Waals surface area contributed by atoms with Gasteiger partial charge >= 0.3 is 0 Å². The van der Waals surface area contributed by atoms with Gasteiger partial charge in [-0.2, -0.15) is 0 Å². The first kappa shape index (κ1) is 13.8. The first-order valence-electron chi connectivity index (χ1n) is 6.04. The smallest absolute Gasteiger partial charge is 0.237 e. The van der Waals surface area contributed by atoms with Crippen molar-refractivity contribution in [2.24, 2.45) is 0 Å². The Morgan fingerprint density at radius 2 is 2.28 bits per heavy atom. The summed E-state index contributed by atoms with van der Waals surface area (Å²) in [6, 6.07) is 5.89. The van der Waals surface area contributed by atoms with E-state index in [9.17, 15) is 4.79 Å². The van der Waals surface area contributed by atoms with Gasteiger partial charge in [-0.3, -0.25) is 4.79 Å². The molecule has 5 heteroatoms. The summed E-state index contributed by atoms with van der Waals surface area (Å²) in [5.41, 5.74) is 0.983. The zero-order chi connectivity index (χ0) is 13.1. The third-order valence-electron chi connectivity index (χ3n) is 2.92. The molecule has 1 aliphatic rings. The van der Waals surface area contributed by atoms with Gasteiger partial charge in [0, 0.05) is 22.1 Å². The van der Waals surface area contributed by atoms with E-state index in [1.807, 2.05) is 25.1 Å². The normalized spacial score (nSPS) is 16.4. The lowest BCUT2D eigenvalue weighted by atomic mass is 10.2. The summed E-state index contributed by atoms with van der Waals surface area (Å²) < 4.78 is 0.985. The second kappa shape index (κ2) is 6.04. The summed E-state index contributed by atoms with van der Waals surface area (Å²) in [5.74, 6) is 0.0589. The Hall–Kier alpha value is -0.580. The molecule has 0 aliphatic heterocycles. The summed E-state index contributed by atoms with van der Waals surface area (Å²) >= 11 is 9.50. The number of nitrogens with one attached hydrogen (secondary N) is 2. The van der Waals surface area contributed by atoms with Crippen molar-refractivity contribution < 1.29 is 4.79 Å². The number of halogens is 2. The largest absolute Gasteiger partial charge is 0.352 e. The van der Waals surface area contributed by atoms with Crippen LogP contribution in [0.4, 0.5) is 0 Å². The van der Waals surface area contributed by atoms with E-state index in [0.29, 0.717) is 17.6 Å². The molecule has 0 spiro atoms. The second-order valence-corrected chi connectivity index (χ2v) is 5.94. The minimum atomic E-state index is -0.208. The van der Waals surface area contributed by atoms with E-state index >= 15 is 0 Å². The molecule has 18 heavy (non-hydrogen) atoms. The quantitative estimate of drug-likeness (QED) is 0.871. The Balaban J connectivity index is 1.85. The Morgan fingerprint density at radius 3 is 2.94 bits per heavy atom. The van der Waals surface area contributed by atoms with Crippen LogP contribution in [0.2, 0.25) is 5.02 Å². The fraction of sp³-hybridized carbons (Fsp3) is 0.462. The predicted octanol–water partition coefficient (Wildman–Crippen LogP) is 2.86. The molecule has 1 aromatic rings. The highest BCUT2D eigenvalue weighted by molar-refractivity contribution is 9.10. The van der Waals surface area contributed by atoms with E-state index in [2.05, 4.69) is 26.6 Å². The third-order valence-corrected chi connectivity index (χ3v) is 3.79. The predicted molar refractivity (Wildman–Crippen MR) is 76.6 cm³/mol. The first-order chi connectivity index (χ1) is 8.56. The highest BCUT2D eigenvalue weighted by Crippen LogP contribution is 2.21. The molecule has 3 nitrogen and oxygen atoms in total. The molecule has 0 bridgehead atoms. The van der Waals surface area contributed by atoms with Gasteiger partial charge in [0.2, 0.25) is 5.91 Å². The van der Waals surface area contributed by atoms with Crippen molar-refractivity contribution in [2.45, 2.75) is 38.4 Å². The highest BCUT2D eigenvalue weighted by Gasteiger charge is 2.25. The maximum absolute atomic E-state index is 11.8. The third kappa shape index (κ3) is 3.97. The van der Waals surface area contributed by atoms with Gasteiger partial charge < -0.3 is 10.6 Å². The maximum Gasteiger partial charge on any atom is 0.237 e. The fourth-order valence-corrected chi connectivity index (χ4v) is 2.18. The number of amides is 1. The molecule has 1 aromatic carbocycles. The van der Waals surface area contributed by atoms with Crippen molar-refractivity contribution in [2.75, 3.05) is 0 Å². The zero-order valence-corrected chi connectivity index (χ0v) is 12.5. The summed E-state index contributed by atoms with van der Waals surface area (Å²) in [7, 11) is 0. The Labute approximate surface area is 120 Å². The van der Waals surface area contributed by atoms with E-state index in [4.69, 9.17) is 11.6 Å². The van der Waals surface area contributed by atoms with Crippen molar-refractivity contribution >= 4 is 33.4 Å². The van der Waals surface area contributed by atoms with Crippen molar-refractivity contribution in [3.8, 4) is 0 Å². The van der Waals surface area contributed by atoms with Gasteiger partial charge in [-0.05, 0) is 43.5 Å². The lowest BCUT2D eigenvalue weighted by Crippen LogP contribution is -2.42. The van der Waals surface area contributed by atoms with Crippen LogP contribution in [-0.2, 0) is 11.3 Å². The molecule has 2 N–H and O–H groups in total. The standard InChI is InChI=1S/C13H16BrClN2O/c1-8(13(18)17-11-3-4-11)16-7-9-6-10(14)2-5-12(9)15/h2,5-6,8,11,16H,3-4,7H2,1H3,(H,17,18). The molecule has 1 unspecified atom stereocenters. The Bertz CT molecular complexity index is 449. The molecule has 1 atom stereocenters. The number of hydrogen-bond acceptors (Lipinski definition) is 2. The molecular weight excluding hydrogens is 316 g/mol. The molecule has 98 valence electrons. The van der Waals surface area contributed by atoms with Crippen LogP contribution in [0.25, 0.3) is 0 Å². The molecule has 0 radical (unpaired) electrons. The van der Waals surface area contributed by atoms with Gasteiger partial charge in [-0.15, -0.1) is 0 Å². The molecule has 2 rings (SSSR count). The number of carbonyl (C=O) groups excluding carboxylic acids is 1. The van der Waals surface area contributed by atoms with Gasteiger partial charge in [-0.25, -0.2) is 0 Å². The average molecular weight is 332 g/mol. The summed E-state index contributed by atoms with van der Waals surface area (Å²) in [4.78, 5) is 11.8. The van der Waals surface area contributed by atoms with Gasteiger partial charge in [0.05, 0.1) is 6.04 Å².